The number of nitrogens with zero attached hydrogens (tertiary/aromatic N) is 1. The van der Waals surface area contributed by atoms with Crippen molar-refractivity contribution in [1.29, 1.82) is 0 Å². The molecule has 20 heavy (non-hydrogen) atoms. The number of methoxy groups -OCH3 is 1. The van der Waals surface area contributed by atoms with Crippen molar-refractivity contribution < 1.29 is 13.9 Å². The van der Waals surface area contributed by atoms with Crippen LogP contribution in [0.4, 0.5) is 4.39 Å². The summed E-state index contributed by atoms with van der Waals surface area (Å²) in [5.74, 6) is 0.185. The molecular weight excluding hydrogens is 297 g/mol. The second-order valence-electron chi connectivity index (χ2n) is 4.03. The normalized spacial score (nSPS) is 10.5. The van der Waals surface area contributed by atoms with Crippen LogP contribution >= 0.6 is 23.1 Å². The molecule has 2 aromatic rings. The van der Waals surface area contributed by atoms with Crippen molar-refractivity contribution >= 4 is 29.1 Å². The molecule has 0 atom stereocenters. The average molecular weight is 311 g/mol. The quantitative estimate of drug-likeness (QED) is 0.602. The number of aryl methyl sites for hydroxylation is 1. The number of hydrogen-bond donors (Lipinski definition) is 0. The maximum absolute atomic E-state index is 13.5. The molecular formula is C14H14FNO2S2. The van der Waals surface area contributed by atoms with Crippen molar-refractivity contribution in [3.63, 3.8) is 0 Å². The van der Waals surface area contributed by atoms with E-state index in [1.54, 1.807) is 12.1 Å². The number of carbonyl (C=O) groups excluding carboxylic acids is 1. The summed E-state index contributed by atoms with van der Waals surface area (Å²) < 4.78 is 18.0. The van der Waals surface area contributed by atoms with Gasteiger partial charge in [-0.1, -0.05) is 12.1 Å². The Labute approximate surface area is 125 Å². The Bertz CT molecular complexity index is 586. The maximum Gasteiger partial charge on any atom is 0.305 e. The lowest BCUT2D eigenvalue weighted by Crippen LogP contribution is -2.02. The van der Waals surface area contributed by atoms with E-state index in [1.165, 1.54) is 36.3 Å². The minimum Gasteiger partial charge on any atom is -0.469 e. The molecule has 0 aliphatic heterocycles. The molecule has 0 radical (unpaired) electrons. The lowest BCUT2D eigenvalue weighted by atomic mass is 10.2. The number of carbonyl (C=O) groups is 1. The molecule has 1 aromatic heterocycles. The van der Waals surface area contributed by atoms with Gasteiger partial charge in [0.25, 0.3) is 0 Å². The summed E-state index contributed by atoms with van der Waals surface area (Å²) in [5, 5.41) is 2.86. The highest BCUT2D eigenvalue weighted by Crippen LogP contribution is 2.26. The van der Waals surface area contributed by atoms with Gasteiger partial charge in [0.1, 0.15) is 10.8 Å². The van der Waals surface area contributed by atoms with Gasteiger partial charge < -0.3 is 4.74 Å². The molecule has 2 rings (SSSR count). The molecule has 1 heterocycles. The first kappa shape index (κ1) is 15.0. The van der Waals surface area contributed by atoms with Crippen LogP contribution in [0.3, 0.4) is 0 Å². The van der Waals surface area contributed by atoms with E-state index in [2.05, 4.69) is 9.72 Å². The van der Waals surface area contributed by atoms with Gasteiger partial charge in [0.2, 0.25) is 0 Å². The zero-order chi connectivity index (χ0) is 14.4. The average Bonchev–Trinajstić information content (AvgIpc) is 2.92. The molecule has 1 aromatic carbocycles. The van der Waals surface area contributed by atoms with Crippen molar-refractivity contribution in [2.24, 2.45) is 0 Å². The van der Waals surface area contributed by atoms with E-state index < -0.39 is 0 Å². The van der Waals surface area contributed by atoms with Gasteiger partial charge in [-0.15, -0.1) is 23.1 Å². The number of thiazole rings is 1. The summed E-state index contributed by atoms with van der Waals surface area (Å²) in [7, 11) is 1.37. The third kappa shape index (κ3) is 4.31. The zero-order valence-corrected chi connectivity index (χ0v) is 12.6. The Morgan fingerprint density at radius 3 is 3.00 bits per heavy atom. The lowest BCUT2D eigenvalue weighted by molar-refractivity contribution is -0.140. The van der Waals surface area contributed by atoms with Crippen LogP contribution in [0.5, 0.6) is 0 Å². The molecule has 106 valence electrons. The highest BCUT2D eigenvalue weighted by atomic mass is 32.2. The minimum atomic E-state index is -0.236. The van der Waals surface area contributed by atoms with E-state index in [1.807, 2.05) is 11.4 Å². The molecule has 0 spiro atoms. The first-order valence-corrected chi connectivity index (χ1v) is 7.93. The van der Waals surface area contributed by atoms with E-state index in [4.69, 9.17) is 0 Å². The Kier molecular flexibility index (Phi) is 5.55. The van der Waals surface area contributed by atoms with Gasteiger partial charge in [0, 0.05) is 16.7 Å². The van der Waals surface area contributed by atoms with Gasteiger partial charge in [0.05, 0.1) is 25.0 Å². The molecule has 0 unspecified atom stereocenters. The molecule has 0 fully saturated rings. The Morgan fingerprint density at radius 1 is 1.45 bits per heavy atom. The predicted molar refractivity (Wildman–Crippen MR) is 78.4 cm³/mol. The zero-order valence-electron chi connectivity index (χ0n) is 11.0. The van der Waals surface area contributed by atoms with E-state index in [-0.39, 0.29) is 11.8 Å². The van der Waals surface area contributed by atoms with Crippen molar-refractivity contribution in [2.45, 2.75) is 23.5 Å². The van der Waals surface area contributed by atoms with Gasteiger partial charge in [0.15, 0.2) is 0 Å². The molecule has 0 aliphatic rings. The Hall–Kier alpha value is -1.40. The molecule has 0 saturated heterocycles. The van der Waals surface area contributed by atoms with Gasteiger partial charge in [-0.2, -0.15) is 0 Å². The first-order valence-electron chi connectivity index (χ1n) is 6.06. The van der Waals surface area contributed by atoms with Crippen molar-refractivity contribution in [1.82, 2.24) is 4.98 Å². The summed E-state index contributed by atoms with van der Waals surface area (Å²) in [6, 6.07) is 6.69. The van der Waals surface area contributed by atoms with Crippen LogP contribution in [0.2, 0.25) is 0 Å². The van der Waals surface area contributed by atoms with Crippen molar-refractivity contribution in [2.75, 3.05) is 7.11 Å². The standard InChI is InChI=1S/C14H14FNO2S2/c1-18-14(17)7-6-10-8-20-13(16-10)9-19-12-5-3-2-4-11(12)15/h2-5,8H,6-7,9H2,1H3. The summed E-state index contributed by atoms with van der Waals surface area (Å²) in [6.45, 7) is 0. The maximum atomic E-state index is 13.5. The summed E-state index contributed by atoms with van der Waals surface area (Å²) >= 11 is 2.95. The number of thioether (sulfide) groups is 1. The number of ether oxygens (including phenoxy) is 1. The van der Waals surface area contributed by atoms with Crippen LogP contribution in [0.1, 0.15) is 17.1 Å². The molecule has 3 nitrogen and oxygen atoms in total. The SMILES string of the molecule is COC(=O)CCc1csc(CSc2ccccc2F)n1. The van der Waals surface area contributed by atoms with Crippen LogP contribution < -0.4 is 0 Å². The number of halogens is 1. The lowest BCUT2D eigenvalue weighted by Gasteiger charge is -2.00. The third-order valence-electron chi connectivity index (χ3n) is 2.60. The summed E-state index contributed by atoms with van der Waals surface area (Å²) in [6.07, 6.45) is 0.910. The number of benzene rings is 1. The second-order valence-corrected chi connectivity index (χ2v) is 5.99. The van der Waals surface area contributed by atoms with E-state index in [0.717, 1.165) is 10.7 Å². The van der Waals surface area contributed by atoms with Crippen LogP contribution in [-0.2, 0) is 21.7 Å². The molecule has 0 bridgehead atoms. The smallest absolute Gasteiger partial charge is 0.305 e. The van der Waals surface area contributed by atoms with Gasteiger partial charge in [-0.05, 0) is 12.1 Å². The predicted octanol–water partition coefficient (Wildman–Crippen LogP) is 3.68. The fourth-order valence-corrected chi connectivity index (χ4v) is 3.35. The highest BCUT2D eigenvalue weighted by Gasteiger charge is 2.07. The first-order chi connectivity index (χ1) is 9.69. The summed E-state index contributed by atoms with van der Waals surface area (Å²) in [5.41, 5.74) is 0.879. The van der Waals surface area contributed by atoms with Gasteiger partial charge in [-0.25, -0.2) is 9.37 Å². The monoisotopic (exact) mass is 311 g/mol. The van der Waals surface area contributed by atoms with Crippen molar-refractivity contribution in [3.05, 3.63) is 46.2 Å². The number of aromatic nitrogens is 1. The van der Waals surface area contributed by atoms with Gasteiger partial charge in [-0.3, -0.25) is 4.79 Å². The van der Waals surface area contributed by atoms with Crippen LogP contribution in [0, 0.1) is 5.82 Å². The van der Waals surface area contributed by atoms with Crippen LogP contribution in [-0.4, -0.2) is 18.1 Å². The third-order valence-corrected chi connectivity index (χ3v) is 4.74. The fourth-order valence-electron chi connectivity index (χ4n) is 1.56. The van der Waals surface area contributed by atoms with Crippen molar-refractivity contribution in [3.8, 4) is 0 Å². The molecule has 0 aliphatic carbocycles. The number of hydrogen-bond acceptors (Lipinski definition) is 5. The Morgan fingerprint density at radius 2 is 2.25 bits per heavy atom. The number of esters is 1. The topological polar surface area (TPSA) is 39.2 Å². The van der Waals surface area contributed by atoms with Gasteiger partial charge >= 0.3 is 5.97 Å². The Balaban J connectivity index is 1.87. The second kappa shape index (κ2) is 7.40. The molecule has 6 heteroatoms. The molecule has 0 saturated carbocycles. The highest BCUT2D eigenvalue weighted by molar-refractivity contribution is 7.98. The van der Waals surface area contributed by atoms with E-state index in [0.29, 0.717) is 23.5 Å². The molecule has 0 amide bonds. The fraction of sp³-hybridized carbons (Fsp3) is 0.286. The number of rotatable bonds is 6. The largest absolute Gasteiger partial charge is 0.469 e. The molecule has 0 N–H and O–H groups in total. The van der Waals surface area contributed by atoms with E-state index >= 15 is 0 Å². The minimum absolute atomic E-state index is 0.208. The van der Waals surface area contributed by atoms with Crippen LogP contribution in [0.25, 0.3) is 0 Å². The summed E-state index contributed by atoms with van der Waals surface area (Å²) in [4.78, 5) is 16.1. The van der Waals surface area contributed by atoms with Crippen LogP contribution in [0.15, 0.2) is 34.5 Å². The van der Waals surface area contributed by atoms with E-state index in [9.17, 15) is 9.18 Å².